The lowest BCUT2D eigenvalue weighted by Crippen LogP contribution is -2.27. The van der Waals surface area contributed by atoms with Crippen LogP contribution in [-0.4, -0.2) is 49.3 Å². The van der Waals surface area contributed by atoms with Crippen molar-refractivity contribution in [2.75, 3.05) is 38.7 Å². The summed E-state index contributed by atoms with van der Waals surface area (Å²) < 4.78 is 0. The summed E-state index contributed by atoms with van der Waals surface area (Å²) in [4.78, 5) is 6.78. The molecule has 0 aliphatic carbocycles. The van der Waals surface area contributed by atoms with Crippen LogP contribution in [0.4, 0.5) is 0 Å². The van der Waals surface area contributed by atoms with E-state index in [9.17, 15) is 0 Å². The summed E-state index contributed by atoms with van der Waals surface area (Å²) >= 11 is 1.89. The van der Waals surface area contributed by atoms with E-state index in [1.165, 1.54) is 11.5 Å². The Hall–Kier alpha value is -0.280. The van der Waals surface area contributed by atoms with Crippen molar-refractivity contribution in [1.82, 2.24) is 4.90 Å². The summed E-state index contributed by atoms with van der Waals surface area (Å²) in [7, 11) is 2.15. The molecule has 0 atom stereocenters. The van der Waals surface area contributed by atoms with Crippen molar-refractivity contribution in [2.45, 2.75) is 6.42 Å². The fourth-order valence-corrected chi connectivity index (χ4v) is 1.75. The third kappa shape index (κ3) is 4.48. The van der Waals surface area contributed by atoms with E-state index in [1.807, 2.05) is 11.8 Å². The smallest absolute Gasteiger partial charge is 0.0485 e. The van der Waals surface area contributed by atoms with Gasteiger partial charge in [-0.2, -0.15) is 11.8 Å². The SMILES string of the molecule is CSCCN(C)CC1=NCCC=C1. The Morgan fingerprint density at radius 3 is 3.08 bits per heavy atom. The molecule has 0 fully saturated rings. The zero-order valence-electron chi connectivity index (χ0n) is 8.49. The fraction of sp³-hybridized carbons (Fsp3) is 0.700. The van der Waals surface area contributed by atoms with Crippen LogP contribution in [0.25, 0.3) is 0 Å². The second-order valence-electron chi connectivity index (χ2n) is 3.29. The Morgan fingerprint density at radius 1 is 1.62 bits per heavy atom. The van der Waals surface area contributed by atoms with Gasteiger partial charge in [-0.1, -0.05) is 6.08 Å². The second kappa shape index (κ2) is 6.22. The number of hydrogen-bond donors (Lipinski definition) is 0. The molecular formula is C10H18N2S. The van der Waals surface area contributed by atoms with Gasteiger partial charge >= 0.3 is 0 Å². The molecule has 1 rings (SSSR count). The molecule has 1 aliphatic heterocycles. The quantitative estimate of drug-likeness (QED) is 0.668. The number of hydrogen-bond acceptors (Lipinski definition) is 3. The molecule has 0 N–H and O–H groups in total. The van der Waals surface area contributed by atoms with Crippen molar-refractivity contribution in [2.24, 2.45) is 4.99 Å². The minimum atomic E-state index is 0.974. The normalized spacial score (nSPS) is 16.4. The van der Waals surface area contributed by atoms with E-state index in [0.29, 0.717) is 0 Å². The van der Waals surface area contributed by atoms with Gasteiger partial charge in [0.2, 0.25) is 0 Å². The van der Waals surface area contributed by atoms with E-state index in [-0.39, 0.29) is 0 Å². The summed E-state index contributed by atoms with van der Waals surface area (Å²) in [5.74, 6) is 1.20. The molecule has 1 aliphatic rings. The molecule has 0 bridgehead atoms. The number of nitrogens with zero attached hydrogens (tertiary/aromatic N) is 2. The molecule has 0 unspecified atom stereocenters. The summed E-state index contributed by atoms with van der Waals surface area (Å²) in [6, 6.07) is 0. The molecule has 74 valence electrons. The van der Waals surface area contributed by atoms with Gasteiger partial charge in [0.15, 0.2) is 0 Å². The Kier molecular flexibility index (Phi) is 5.16. The van der Waals surface area contributed by atoms with Gasteiger partial charge in [-0.25, -0.2) is 0 Å². The molecule has 3 heteroatoms. The van der Waals surface area contributed by atoms with E-state index in [4.69, 9.17) is 0 Å². The van der Waals surface area contributed by atoms with Crippen molar-refractivity contribution >= 4 is 17.5 Å². The molecular weight excluding hydrogens is 180 g/mol. The standard InChI is InChI=1S/C10H18N2S/c1-12(7-8-13-2)9-10-5-3-4-6-11-10/h3,5H,4,6-9H2,1-2H3. The maximum absolute atomic E-state index is 4.46. The first kappa shape index (κ1) is 10.8. The molecule has 0 aromatic heterocycles. The average Bonchev–Trinajstić information content (AvgIpc) is 2.16. The minimum absolute atomic E-state index is 0.974. The van der Waals surface area contributed by atoms with Gasteiger partial charge in [-0.3, -0.25) is 9.89 Å². The largest absolute Gasteiger partial charge is 0.300 e. The Bertz CT molecular complexity index is 199. The van der Waals surface area contributed by atoms with Gasteiger partial charge in [0, 0.05) is 31.1 Å². The molecule has 0 amide bonds. The molecule has 0 aromatic carbocycles. The minimum Gasteiger partial charge on any atom is -0.300 e. The van der Waals surface area contributed by atoms with Crippen LogP contribution >= 0.6 is 11.8 Å². The lowest BCUT2D eigenvalue weighted by molar-refractivity contribution is 0.407. The molecule has 0 saturated carbocycles. The fourth-order valence-electron chi connectivity index (χ4n) is 1.26. The third-order valence-electron chi connectivity index (χ3n) is 2.03. The van der Waals surface area contributed by atoms with Gasteiger partial charge in [0.25, 0.3) is 0 Å². The van der Waals surface area contributed by atoms with E-state index in [2.05, 4.69) is 35.3 Å². The Morgan fingerprint density at radius 2 is 2.46 bits per heavy atom. The first-order valence-corrected chi connectivity index (χ1v) is 6.09. The molecule has 2 nitrogen and oxygen atoms in total. The Labute approximate surface area is 85.1 Å². The molecule has 0 spiro atoms. The number of thioether (sulfide) groups is 1. The first-order chi connectivity index (χ1) is 6.33. The van der Waals surface area contributed by atoms with Crippen LogP contribution in [0.3, 0.4) is 0 Å². The summed E-state index contributed by atoms with van der Waals surface area (Å²) in [6.45, 7) is 3.12. The highest BCUT2D eigenvalue weighted by molar-refractivity contribution is 7.98. The van der Waals surface area contributed by atoms with Crippen LogP contribution in [0.1, 0.15) is 6.42 Å². The zero-order valence-corrected chi connectivity index (χ0v) is 9.31. The third-order valence-corrected chi connectivity index (χ3v) is 2.62. The molecule has 0 radical (unpaired) electrons. The van der Waals surface area contributed by atoms with E-state index >= 15 is 0 Å². The molecule has 0 aromatic rings. The van der Waals surface area contributed by atoms with E-state index in [0.717, 1.165) is 26.1 Å². The maximum atomic E-state index is 4.46. The average molecular weight is 198 g/mol. The molecule has 1 heterocycles. The highest BCUT2D eigenvalue weighted by Crippen LogP contribution is 1.99. The maximum Gasteiger partial charge on any atom is 0.0485 e. The van der Waals surface area contributed by atoms with Crippen LogP contribution in [0, 0.1) is 0 Å². The van der Waals surface area contributed by atoms with Crippen molar-refractivity contribution in [3.63, 3.8) is 0 Å². The molecule has 13 heavy (non-hydrogen) atoms. The van der Waals surface area contributed by atoms with Crippen molar-refractivity contribution in [3.05, 3.63) is 12.2 Å². The predicted octanol–water partition coefficient (Wildman–Crippen LogP) is 1.68. The highest BCUT2D eigenvalue weighted by atomic mass is 32.2. The van der Waals surface area contributed by atoms with E-state index in [1.54, 1.807) is 0 Å². The van der Waals surface area contributed by atoms with Crippen LogP contribution in [0.5, 0.6) is 0 Å². The lowest BCUT2D eigenvalue weighted by Gasteiger charge is -2.16. The summed E-state index contributed by atoms with van der Waals surface area (Å²) in [5, 5.41) is 0. The number of aliphatic imine (C=N–C) groups is 1. The van der Waals surface area contributed by atoms with Crippen molar-refractivity contribution in [1.29, 1.82) is 0 Å². The molecule has 0 saturated heterocycles. The predicted molar refractivity (Wildman–Crippen MR) is 61.9 cm³/mol. The van der Waals surface area contributed by atoms with Gasteiger partial charge in [0.05, 0.1) is 0 Å². The number of rotatable bonds is 5. The Balaban J connectivity index is 2.22. The number of dihydropyridines is 1. The highest BCUT2D eigenvalue weighted by Gasteiger charge is 2.03. The summed E-state index contributed by atoms with van der Waals surface area (Å²) in [5.41, 5.74) is 1.23. The van der Waals surface area contributed by atoms with Gasteiger partial charge in [-0.15, -0.1) is 0 Å². The first-order valence-electron chi connectivity index (χ1n) is 4.70. The van der Waals surface area contributed by atoms with Gasteiger partial charge < -0.3 is 0 Å². The summed E-state index contributed by atoms with van der Waals surface area (Å²) in [6.07, 6.45) is 7.62. The monoisotopic (exact) mass is 198 g/mol. The van der Waals surface area contributed by atoms with Crippen molar-refractivity contribution < 1.29 is 0 Å². The van der Waals surface area contributed by atoms with Crippen LogP contribution in [0.2, 0.25) is 0 Å². The van der Waals surface area contributed by atoms with E-state index < -0.39 is 0 Å². The van der Waals surface area contributed by atoms with Gasteiger partial charge in [-0.05, 0) is 25.8 Å². The topological polar surface area (TPSA) is 15.6 Å². The van der Waals surface area contributed by atoms with Crippen LogP contribution in [-0.2, 0) is 0 Å². The van der Waals surface area contributed by atoms with Crippen LogP contribution in [0.15, 0.2) is 17.1 Å². The lowest BCUT2D eigenvalue weighted by atomic mass is 10.2. The van der Waals surface area contributed by atoms with Gasteiger partial charge in [0.1, 0.15) is 0 Å². The second-order valence-corrected chi connectivity index (χ2v) is 4.28. The van der Waals surface area contributed by atoms with Crippen molar-refractivity contribution in [3.8, 4) is 0 Å². The van der Waals surface area contributed by atoms with Crippen LogP contribution < -0.4 is 0 Å². The zero-order chi connectivity index (χ0) is 9.52.